The smallest absolute Gasteiger partial charge is 0.0690 e. The lowest BCUT2D eigenvalue weighted by Crippen LogP contribution is -2.04. The monoisotopic (exact) mass is 335 g/mol. The van der Waals surface area contributed by atoms with Gasteiger partial charge < -0.3 is 0 Å². The molecule has 1 N–H and O–H groups in total. The van der Waals surface area contributed by atoms with Gasteiger partial charge in [0.2, 0.25) is 0 Å². The summed E-state index contributed by atoms with van der Waals surface area (Å²) in [4.78, 5) is 0. The second kappa shape index (κ2) is 10.7. The molecule has 2 aromatic rings. The largest absolute Gasteiger partial charge is 0.300 e. The minimum atomic E-state index is 0.480. The van der Waals surface area contributed by atoms with Crippen molar-refractivity contribution in [3.05, 3.63) is 76.9 Å². The van der Waals surface area contributed by atoms with Crippen molar-refractivity contribution in [3.8, 4) is 0 Å². The van der Waals surface area contributed by atoms with Crippen LogP contribution in [0.5, 0.6) is 0 Å². The zero-order valence-corrected chi connectivity index (χ0v) is 16.6. The average molecular weight is 336 g/mol. The molecule has 0 radical (unpaired) electrons. The summed E-state index contributed by atoms with van der Waals surface area (Å²) in [5.41, 5.74) is 4.91. The van der Waals surface area contributed by atoms with Crippen molar-refractivity contribution in [2.75, 3.05) is 0 Å². The number of benzene rings is 2. The molecule has 25 heavy (non-hydrogen) atoms. The highest BCUT2D eigenvalue weighted by Crippen LogP contribution is 2.20. The first-order chi connectivity index (χ1) is 11.9. The Hall–Kier alpha value is -2.15. The second-order valence-corrected chi connectivity index (χ2v) is 7.04. The van der Waals surface area contributed by atoms with Crippen LogP contribution in [0, 0.1) is 11.3 Å². The first kappa shape index (κ1) is 20.9. The van der Waals surface area contributed by atoms with Crippen LogP contribution >= 0.6 is 0 Å². The summed E-state index contributed by atoms with van der Waals surface area (Å²) in [5.74, 6) is 1.36. The number of hydrogen-bond donors (Lipinski definition) is 1. The molecular weight excluding hydrogens is 302 g/mol. The van der Waals surface area contributed by atoms with E-state index in [0.29, 0.717) is 11.6 Å². The van der Waals surface area contributed by atoms with Crippen LogP contribution in [-0.4, -0.2) is 5.71 Å². The van der Waals surface area contributed by atoms with Crippen LogP contribution < -0.4 is 0 Å². The van der Waals surface area contributed by atoms with Gasteiger partial charge in [0, 0.05) is 11.1 Å². The molecule has 0 spiro atoms. The SMILES string of the molecule is C/C=C/c1ccccc1C(=N)c1cccc(C(C)C)c1.CCC(C)C. The lowest BCUT2D eigenvalue weighted by molar-refractivity contribution is 0.626. The summed E-state index contributed by atoms with van der Waals surface area (Å²) in [6.45, 7) is 13.0. The molecule has 0 unspecified atom stereocenters. The molecule has 1 heteroatoms. The van der Waals surface area contributed by atoms with E-state index in [1.54, 1.807) is 0 Å². The maximum absolute atomic E-state index is 8.49. The van der Waals surface area contributed by atoms with E-state index in [9.17, 15) is 0 Å². The van der Waals surface area contributed by atoms with E-state index in [0.717, 1.165) is 22.6 Å². The minimum Gasteiger partial charge on any atom is -0.300 e. The van der Waals surface area contributed by atoms with Crippen molar-refractivity contribution >= 4 is 11.8 Å². The molecule has 0 amide bonds. The van der Waals surface area contributed by atoms with Gasteiger partial charge in [-0.3, -0.25) is 5.41 Å². The third kappa shape index (κ3) is 6.70. The van der Waals surface area contributed by atoms with Crippen LogP contribution in [0.3, 0.4) is 0 Å². The van der Waals surface area contributed by atoms with E-state index in [1.165, 1.54) is 12.0 Å². The maximum Gasteiger partial charge on any atom is 0.0690 e. The van der Waals surface area contributed by atoms with Crippen LogP contribution in [0.1, 0.15) is 76.1 Å². The van der Waals surface area contributed by atoms with Gasteiger partial charge in [0.25, 0.3) is 0 Å². The fourth-order valence-corrected chi connectivity index (χ4v) is 2.26. The van der Waals surface area contributed by atoms with Gasteiger partial charge in [-0.15, -0.1) is 0 Å². The minimum absolute atomic E-state index is 0.480. The molecule has 134 valence electrons. The van der Waals surface area contributed by atoms with Crippen LogP contribution in [0.4, 0.5) is 0 Å². The zero-order valence-electron chi connectivity index (χ0n) is 16.6. The molecule has 0 aromatic heterocycles. The third-order valence-electron chi connectivity index (χ3n) is 4.23. The van der Waals surface area contributed by atoms with E-state index in [2.05, 4.69) is 58.9 Å². The molecule has 0 atom stereocenters. The summed E-state index contributed by atoms with van der Waals surface area (Å²) >= 11 is 0. The molecule has 2 aromatic carbocycles. The van der Waals surface area contributed by atoms with Crippen LogP contribution in [-0.2, 0) is 0 Å². The van der Waals surface area contributed by atoms with E-state index in [-0.39, 0.29) is 0 Å². The number of nitrogens with one attached hydrogen (secondary N) is 1. The van der Waals surface area contributed by atoms with Gasteiger partial charge in [-0.25, -0.2) is 0 Å². The van der Waals surface area contributed by atoms with Crippen molar-refractivity contribution < 1.29 is 0 Å². The molecule has 0 aliphatic carbocycles. The second-order valence-electron chi connectivity index (χ2n) is 7.04. The highest BCUT2D eigenvalue weighted by molar-refractivity contribution is 6.12. The molecule has 0 heterocycles. The Labute approximate surface area is 154 Å². The predicted octanol–water partition coefficient (Wildman–Crippen LogP) is 7.31. The number of allylic oxidation sites excluding steroid dienone is 1. The first-order valence-electron chi connectivity index (χ1n) is 9.31. The lowest BCUT2D eigenvalue weighted by atomic mass is 9.94. The predicted molar refractivity (Wildman–Crippen MR) is 113 cm³/mol. The van der Waals surface area contributed by atoms with Crippen molar-refractivity contribution in [1.82, 2.24) is 0 Å². The Morgan fingerprint density at radius 2 is 1.64 bits per heavy atom. The summed E-state index contributed by atoms with van der Waals surface area (Å²) < 4.78 is 0. The van der Waals surface area contributed by atoms with E-state index in [1.807, 2.05) is 43.3 Å². The van der Waals surface area contributed by atoms with Gasteiger partial charge in [-0.1, -0.05) is 95.7 Å². The van der Waals surface area contributed by atoms with Crippen LogP contribution in [0.2, 0.25) is 0 Å². The Balaban J connectivity index is 0.000000550. The molecule has 0 fully saturated rings. The van der Waals surface area contributed by atoms with Crippen molar-refractivity contribution in [1.29, 1.82) is 5.41 Å². The van der Waals surface area contributed by atoms with Crippen molar-refractivity contribution in [2.24, 2.45) is 5.92 Å². The Kier molecular flexibility index (Phi) is 8.91. The molecular formula is C24H33N. The third-order valence-corrected chi connectivity index (χ3v) is 4.23. The van der Waals surface area contributed by atoms with Crippen LogP contribution in [0.15, 0.2) is 54.6 Å². The Morgan fingerprint density at radius 1 is 1.00 bits per heavy atom. The van der Waals surface area contributed by atoms with Crippen molar-refractivity contribution in [2.45, 2.75) is 53.9 Å². The number of rotatable bonds is 5. The molecule has 0 bridgehead atoms. The summed E-state index contributed by atoms with van der Waals surface area (Å²) in [6, 6.07) is 16.4. The molecule has 2 rings (SSSR count). The average Bonchev–Trinajstić information content (AvgIpc) is 2.62. The topological polar surface area (TPSA) is 23.9 Å². The molecule has 1 nitrogen and oxygen atoms in total. The highest BCUT2D eigenvalue weighted by atomic mass is 14.4. The lowest BCUT2D eigenvalue weighted by Gasteiger charge is -2.11. The van der Waals surface area contributed by atoms with Gasteiger partial charge >= 0.3 is 0 Å². The standard InChI is InChI=1S/C19H21N.C5H12/c1-4-8-15-9-5-6-12-18(15)19(20)17-11-7-10-16(13-17)14(2)3;1-4-5(2)3/h4-14,20H,1-3H3;5H,4H2,1-3H3/b8-4+,20-19?;. The van der Waals surface area contributed by atoms with E-state index < -0.39 is 0 Å². The van der Waals surface area contributed by atoms with Gasteiger partial charge in [0.15, 0.2) is 0 Å². The molecule has 0 saturated carbocycles. The molecule has 0 aliphatic rings. The van der Waals surface area contributed by atoms with Crippen molar-refractivity contribution in [3.63, 3.8) is 0 Å². The maximum atomic E-state index is 8.49. The zero-order chi connectivity index (χ0) is 18.8. The Morgan fingerprint density at radius 3 is 2.20 bits per heavy atom. The number of hydrogen-bond acceptors (Lipinski definition) is 1. The van der Waals surface area contributed by atoms with E-state index >= 15 is 0 Å². The highest BCUT2D eigenvalue weighted by Gasteiger charge is 2.09. The summed E-state index contributed by atoms with van der Waals surface area (Å²) in [5, 5.41) is 8.49. The fraction of sp³-hybridized carbons (Fsp3) is 0.375. The van der Waals surface area contributed by atoms with Gasteiger partial charge in [0.05, 0.1) is 5.71 Å². The normalized spacial score (nSPS) is 10.9. The first-order valence-corrected chi connectivity index (χ1v) is 9.31. The summed E-state index contributed by atoms with van der Waals surface area (Å²) in [6.07, 6.45) is 5.37. The van der Waals surface area contributed by atoms with Gasteiger partial charge in [0.1, 0.15) is 0 Å². The summed E-state index contributed by atoms with van der Waals surface area (Å²) in [7, 11) is 0. The fourth-order valence-electron chi connectivity index (χ4n) is 2.26. The van der Waals surface area contributed by atoms with Crippen LogP contribution in [0.25, 0.3) is 6.08 Å². The van der Waals surface area contributed by atoms with E-state index in [4.69, 9.17) is 5.41 Å². The molecule has 0 saturated heterocycles. The Bertz CT molecular complexity index is 693. The van der Waals surface area contributed by atoms with Gasteiger partial charge in [-0.05, 0) is 36.0 Å². The van der Waals surface area contributed by atoms with Gasteiger partial charge in [-0.2, -0.15) is 0 Å². The molecule has 0 aliphatic heterocycles. The quantitative estimate of drug-likeness (QED) is 0.554.